The minimum Gasteiger partial charge on any atom is -0.328 e. The molecule has 0 saturated carbocycles. The number of aryl methyl sites for hydroxylation is 1. The minimum atomic E-state index is -0.0495. The molecule has 1 atom stereocenters. The van der Waals surface area contributed by atoms with Gasteiger partial charge in [-0.25, -0.2) is 4.98 Å². The molecule has 0 saturated heterocycles. The normalized spacial score (nSPS) is 12.2. The third-order valence-electron chi connectivity index (χ3n) is 2.14. The van der Waals surface area contributed by atoms with Gasteiger partial charge in [0.25, 0.3) is 0 Å². The second-order valence-electron chi connectivity index (χ2n) is 3.88. The van der Waals surface area contributed by atoms with Crippen molar-refractivity contribution in [2.24, 2.45) is 5.73 Å². The van der Waals surface area contributed by atoms with Crippen LogP contribution in [-0.4, -0.2) is 16.9 Å². The summed E-state index contributed by atoms with van der Waals surface area (Å²) < 4.78 is 0.932. The van der Waals surface area contributed by atoms with E-state index in [1.165, 1.54) is 0 Å². The van der Waals surface area contributed by atoms with Gasteiger partial charge in [-0.3, -0.25) is 4.79 Å². The Bertz CT molecular complexity index is 379. The van der Waals surface area contributed by atoms with Gasteiger partial charge in [-0.15, -0.1) is 0 Å². The highest BCUT2D eigenvalue weighted by Crippen LogP contribution is 2.17. The van der Waals surface area contributed by atoms with Crippen molar-refractivity contribution in [3.8, 4) is 0 Å². The molecule has 1 unspecified atom stereocenters. The van der Waals surface area contributed by atoms with Gasteiger partial charge in [0.1, 0.15) is 5.82 Å². The van der Waals surface area contributed by atoms with E-state index in [1.807, 2.05) is 19.9 Å². The van der Waals surface area contributed by atoms with Crippen LogP contribution in [0.3, 0.4) is 0 Å². The fraction of sp³-hybridized carbons (Fsp3) is 0.455. The molecule has 1 aromatic heterocycles. The molecular weight excluding hydrogens is 270 g/mol. The number of amides is 1. The highest BCUT2D eigenvalue weighted by atomic mass is 79.9. The number of nitrogens with two attached hydrogens (primary N) is 1. The molecule has 1 heterocycles. The van der Waals surface area contributed by atoms with Crippen LogP contribution in [0.25, 0.3) is 0 Å². The Morgan fingerprint density at radius 2 is 2.38 bits per heavy atom. The summed E-state index contributed by atoms with van der Waals surface area (Å²) >= 11 is 3.35. The molecule has 0 fully saturated rings. The second kappa shape index (κ2) is 5.96. The first kappa shape index (κ1) is 13.1. The van der Waals surface area contributed by atoms with Gasteiger partial charge in [-0.2, -0.15) is 0 Å². The second-order valence-corrected chi connectivity index (χ2v) is 4.74. The molecule has 1 aromatic rings. The Balaban J connectivity index is 2.53. The third-order valence-corrected chi connectivity index (χ3v) is 2.97. The van der Waals surface area contributed by atoms with Crippen molar-refractivity contribution in [3.63, 3.8) is 0 Å². The molecule has 5 heteroatoms. The molecule has 1 amide bonds. The lowest BCUT2D eigenvalue weighted by Gasteiger charge is -2.07. The lowest BCUT2D eigenvalue weighted by Crippen LogP contribution is -2.19. The Kier molecular flexibility index (Phi) is 4.89. The number of pyridine rings is 1. The Labute approximate surface area is 104 Å². The fourth-order valence-corrected chi connectivity index (χ4v) is 1.39. The maximum atomic E-state index is 11.5. The van der Waals surface area contributed by atoms with Crippen LogP contribution in [0, 0.1) is 6.92 Å². The van der Waals surface area contributed by atoms with Crippen molar-refractivity contribution in [2.75, 3.05) is 5.32 Å². The SMILES string of the molecule is Cc1cc(NC(=O)CCC(C)N)ncc1Br. The van der Waals surface area contributed by atoms with Crippen molar-refractivity contribution < 1.29 is 4.79 Å². The summed E-state index contributed by atoms with van der Waals surface area (Å²) in [5.74, 6) is 0.530. The van der Waals surface area contributed by atoms with E-state index in [4.69, 9.17) is 5.73 Å². The largest absolute Gasteiger partial charge is 0.328 e. The first-order valence-corrected chi connectivity index (χ1v) is 5.96. The number of rotatable bonds is 4. The zero-order valence-corrected chi connectivity index (χ0v) is 11.0. The molecular formula is C11H16BrN3O. The third kappa shape index (κ3) is 4.28. The zero-order valence-electron chi connectivity index (χ0n) is 9.46. The maximum Gasteiger partial charge on any atom is 0.225 e. The lowest BCUT2D eigenvalue weighted by molar-refractivity contribution is -0.116. The monoisotopic (exact) mass is 285 g/mol. The van der Waals surface area contributed by atoms with Crippen molar-refractivity contribution in [3.05, 3.63) is 22.3 Å². The van der Waals surface area contributed by atoms with Gasteiger partial charge >= 0.3 is 0 Å². The van der Waals surface area contributed by atoms with Crippen LogP contribution in [0.1, 0.15) is 25.3 Å². The van der Waals surface area contributed by atoms with Crippen molar-refractivity contribution in [2.45, 2.75) is 32.7 Å². The first-order chi connectivity index (χ1) is 7.49. The van der Waals surface area contributed by atoms with Crippen molar-refractivity contribution in [1.29, 1.82) is 0 Å². The van der Waals surface area contributed by atoms with E-state index >= 15 is 0 Å². The molecule has 0 aromatic carbocycles. The van der Waals surface area contributed by atoms with Gasteiger partial charge in [-0.05, 0) is 47.8 Å². The molecule has 0 spiro atoms. The summed E-state index contributed by atoms with van der Waals surface area (Å²) in [5, 5.41) is 2.74. The number of hydrogen-bond acceptors (Lipinski definition) is 3. The maximum absolute atomic E-state index is 11.5. The smallest absolute Gasteiger partial charge is 0.225 e. The topological polar surface area (TPSA) is 68.0 Å². The van der Waals surface area contributed by atoms with E-state index < -0.39 is 0 Å². The zero-order chi connectivity index (χ0) is 12.1. The quantitative estimate of drug-likeness (QED) is 0.891. The summed E-state index contributed by atoms with van der Waals surface area (Å²) in [6.45, 7) is 3.83. The van der Waals surface area contributed by atoms with E-state index in [-0.39, 0.29) is 11.9 Å². The number of halogens is 1. The predicted octanol–water partition coefficient (Wildman–Crippen LogP) is 2.22. The number of aromatic nitrogens is 1. The van der Waals surface area contributed by atoms with Gasteiger partial charge in [0.05, 0.1) is 0 Å². The van der Waals surface area contributed by atoms with Crippen molar-refractivity contribution >= 4 is 27.7 Å². The van der Waals surface area contributed by atoms with Crippen LogP contribution < -0.4 is 11.1 Å². The van der Waals surface area contributed by atoms with E-state index in [0.29, 0.717) is 18.7 Å². The van der Waals surface area contributed by atoms with Gasteiger partial charge in [-0.1, -0.05) is 0 Å². The van der Waals surface area contributed by atoms with E-state index in [9.17, 15) is 4.79 Å². The number of nitrogens with zero attached hydrogens (tertiary/aromatic N) is 1. The molecule has 0 aliphatic heterocycles. The van der Waals surface area contributed by atoms with Gasteiger partial charge in [0, 0.05) is 23.1 Å². The summed E-state index contributed by atoms with van der Waals surface area (Å²) in [6, 6.07) is 1.87. The standard InChI is InChI=1S/C11H16BrN3O/c1-7-5-10(14-6-9(7)12)15-11(16)4-3-8(2)13/h5-6,8H,3-4,13H2,1-2H3,(H,14,15,16). The molecule has 16 heavy (non-hydrogen) atoms. The number of carbonyl (C=O) groups excluding carboxylic acids is 1. The summed E-state index contributed by atoms with van der Waals surface area (Å²) in [7, 11) is 0. The average molecular weight is 286 g/mol. The summed E-state index contributed by atoms with van der Waals surface area (Å²) in [6.07, 6.45) is 2.78. The summed E-state index contributed by atoms with van der Waals surface area (Å²) in [5.41, 5.74) is 6.62. The van der Waals surface area contributed by atoms with Crippen LogP contribution in [0.15, 0.2) is 16.7 Å². The summed E-state index contributed by atoms with van der Waals surface area (Å²) in [4.78, 5) is 15.6. The van der Waals surface area contributed by atoms with E-state index in [1.54, 1.807) is 6.20 Å². The molecule has 1 rings (SSSR count). The molecule has 88 valence electrons. The average Bonchev–Trinajstić information content (AvgIpc) is 2.21. The lowest BCUT2D eigenvalue weighted by atomic mass is 10.2. The van der Waals surface area contributed by atoms with Gasteiger partial charge < -0.3 is 11.1 Å². The molecule has 0 aliphatic rings. The van der Waals surface area contributed by atoms with Crippen LogP contribution in [-0.2, 0) is 4.79 Å². The van der Waals surface area contributed by atoms with Gasteiger partial charge in [0.2, 0.25) is 5.91 Å². The number of nitrogens with one attached hydrogen (secondary N) is 1. The molecule has 0 aliphatic carbocycles. The minimum absolute atomic E-state index is 0.0466. The van der Waals surface area contributed by atoms with Crippen LogP contribution in [0.5, 0.6) is 0 Å². The van der Waals surface area contributed by atoms with Gasteiger partial charge in [0.15, 0.2) is 0 Å². The predicted molar refractivity (Wildman–Crippen MR) is 68.2 cm³/mol. The van der Waals surface area contributed by atoms with Crippen LogP contribution in [0.2, 0.25) is 0 Å². The number of hydrogen-bond donors (Lipinski definition) is 2. The fourth-order valence-electron chi connectivity index (χ4n) is 1.17. The number of anilines is 1. The van der Waals surface area contributed by atoms with Crippen LogP contribution in [0.4, 0.5) is 5.82 Å². The Morgan fingerprint density at radius 1 is 1.69 bits per heavy atom. The molecule has 4 nitrogen and oxygen atoms in total. The first-order valence-electron chi connectivity index (χ1n) is 5.16. The van der Waals surface area contributed by atoms with E-state index in [0.717, 1.165) is 10.0 Å². The Morgan fingerprint density at radius 3 is 2.94 bits per heavy atom. The van der Waals surface area contributed by atoms with Crippen LogP contribution >= 0.6 is 15.9 Å². The highest BCUT2D eigenvalue weighted by Gasteiger charge is 2.05. The number of carbonyl (C=O) groups is 1. The van der Waals surface area contributed by atoms with Crippen molar-refractivity contribution in [1.82, 2.24) is 4.98 Å². The molecule has 0 radical (unpaired) electrons. The highest BCUT2D eigenvalue weighted by molar-refractivity contribution is 9.10. The molecule has 3 N–H and O–H groups in total. The Hall–Kier alpha value is -0.940. The molecule has 0 bridgehead atoms. The van der Waals surface area contributed by atoms with E-state index in [2.05, 4.69) is 26.2 Å².